The first kappa shape index (κ1) is 11.3. The van der Waals surface area contributed by atoms with Crippen molar-refractivity contribution in [2.75, 3.05) is 0 Å². The van der Waals surface area contributed by atoms with Crippen LogP contribution in [-0.2, 0) is 6.18 Å². The highest BCUT2D eigenvalue weighted by atomic mass is 35.5. The molecule has 0 fully saturated rings. The van der Waals surface area contributed by atoms with Gasteiger partial charge in [-0.3, -0.25) is 0 Å². The Labute approximate surface area is 85.0 Å². The molecule has 0 aliphatic rings. The van der Waals surface area contributed by atoms with E-state index in [4.69, 9.17) is 11.8 Å². The molecule has 1 rings (SSSR count). The van der Waals surface area contributed by atoms with E-state index in [9.17, 15) is 13.2 Å². The Kier molecular flexibility index (Phi) is 3.39. The van der Waals surface area contributed by atoms with Gasteiger partial charge in [-0.05, 0) is 36.4 Å². The van der Waals surface area contributed by atoms with Crippen LogP contribution >= 0.6 is 11.8 Å². The Balaban J connectivity index is 2.89. The SMILES string of the molecule is CC(NCl)c1ccc(C(F)(F)F)cc1. The smallest absolute Gasteiger partial charge is 0.226 e. The summed E-state index contributed by atoms with van der Waals surface area (Å²) >= 11 is 5.34. The van der Waals surface area contributed by atoms with Crippen molar-refractivity contribution in [1.29, 1.82) is 0 Å². The topological polar surface area (TPSA) is 12.0 Å². The van der Waals surface area contributed by atoms with Gasteiger partial charge in [-0.2, -0.15) is 13.2 Å². The van der Waals surface area contributed by atoms with Gasteiger partial charge in [0.2, 0.25) is 0 Å². The van der Waals surface area contributed by atoms with Gasteiger partial charge in [0.1, 0.15) is 0 Å². The van der Waals surface area contributed by atoms with Crippen molar-refractivity contribution in [2.45, 2.75) is 19.1 Å². The van der Waals surface area contributed by atoms with E-state index in [-0.39, 0.29) is 6.04 Å². The van der Waals surface area contributed by atoms with E-state index in [0.29, 0.717) is 5.56 Å². The third-order valence-electron chi connectivity index (χ3n) is 1.90. The molecule has 0 aliphatic heterocycles. The third-order valence-corrected chi connectivity index (χ3v) is 2.23. The first-order chi connectivity index (χ1) is 6.45. The first-order valence-electron chi connectivity index (χ1n) is 3.98. The number of halogens is 4. The maximum absolute atomic E-state index is 12.2. The molecule has 1 nitrogen and oxygen atoms in total. The summed E-state index contributed by atoms with van der Waals surface area (Å²) in [6, 6.07) is 4.73. The second-order valence-corrected chi connectivity index (χ2v) is 3.17. The van der Waals surface area contributed by atoms with Crippen LogP contribution in [0.2, 0.25) is 0 Å². The molecule has 0 aromatic heterocycles. The average Bonchev–Trinajstić information content (AvgIpc) is 2.15. The largest absolute Gasteiger partial charge is 0.416 e. The first-order valence-corrected chi connectivity index (χ1v) is 4.36. The Bertz CT molecular complexity index is 294. The molecule has 0 amide bonds. The Morgan fingerprint density at radius 2 is 1.71 bits per heavy atom. The highest BCUT2D eigenvalue weighted by Gasteiger charge is 2.30. The molecule has 0 heterocycles. The predicted octanol–water partition coefficient (Wildman–Crippen LogP) is 3.51. The summed E-state index contributed by atoms with van der Waals surface area (Å²) in [6.07, 6.45) is -4.28. The Hall–Kier alpha value is -0.740. The lowest BCUT2D eigenvalue weighted by atomic mass is 10.1. The van der Waals surface area contributed by atoms with Gasteiger partial charge in [0.15, 0.2) is 0 Å². The molecule has 0 radical (unpaired) electrons. The number of rotatable bonds is 2. The van der Waals surface area contributed by atoms with E-state index in [2.05, 4.69) is 4.84 Å². The van der Waals surface area contributed by atoms with E-state index in [1.807, 2.05) is 0 Å². The molecule has 14 heavy (non-hydrogen) atoms. The highest BCUT2D eigenvalue weighted by Crippen LogP contribution is 2.29. The molecule has 0 saturated heterocycles. The molecule has 1 aromatic rings. The molecular formula is C9H9ClF3N. The normalized spacial score (nSPS) is 14.1. The van der Waals surface area contributed by atoms with Crippen molar-refractivity contribution in [3.63, 3.8) is 0 Å². The summed E-state index contributed by atoms with van der Waals surface area (Å²) in [5.41, 5.74) is 0.0658. The van der Waals surface area contributed by atoms with Crippen LogP contribution in [0.5, 0.6) is 0 Å². The van der Waals surface area contributed by atoms with E-state index in [1.165, 1.54) is 12.1 Å². The van der Waals surface area contributed by atoms with Crippen molar-refractivity contribution in [1.82, 2.24) is 4.84 Å². The van der Waals surface area contributed by atoms with Crippen LogP contribution in [0, 0.1) is 0 Å². The minimum Gasteiger partial charge on any atom is -0.226 e. The van der Waals surface area contributed by atoms with Crippen LogP contribution in [0.4, 0.5) is 13.2 Å². The fourth-order valence-corrected chi connectivity index (χ4v) is 1.15. The minimum atomic E-state index is -4.28. The van der Waals surface area contributed by atoms with Crippen LogP contribution in [0.25, 0.3) is 0 Å². The monoisotopic (exact) mass is 223 g/mol. The van der Waals surface area contributed by atoms with Gasteiger partial charge < -0.3 is 0 Å². The third kappa shape index (κ3) is 2.62. The lowest BCUT2D eigenvalue weighted by Gasteiger charge is -2.11. The second kappa shape index (κ2) is 4.19. The molecule has 78 valence electrons. The summed E-state index contributed by atoms with van der Waals surface area (Å²) < 4.78 is 36.5. The van der Waals surface area contributed by atoms with Crippen molar-refractivity contribution >= 4 is 11.8 Å². The zero-order valence-corrected chi connectivity index (χ0v) is 8.15. The number of alkyl halides is 3. The minimum absolute atomic E-state index is 0.168. The maximum atomic E-state index is 12.2. The average molecular weight is 224 g/mol. The van der Waals surface area contributed by atoms with Crippen LogP contribution in [0.15, 0.2) is 24.3 Å². The molecule has 1 N–H and O–H groups in total. The van der Waals surface area contributed by atoms with Gasteiger partial charge in [0, 0.05) is 6.04 Å². The molecule has 0 spiro atoms. The summed E-state index contributed by atoms with van der Waals surface area (Å²) in [5.74, 6) is 0. The maximum Gasteiger partial charge on any atom is 0.416 e. The van der Waals surface area contributed by atoms with E-state index >= 15 is 0 Å². The zero-order chi connectivity index (χ0) is 10.8. The molecule has 5 heteroatoms. The van der Waals surface area contributed by atoms with Gasteiger partial charge in [-0.25, -0.2) is 4.84 Å². The lowest BCUT2D eigenvalue weighted by Crippen LogP contribution is -2.08. The highest BCUT2D eigenvalue weighted by molar-refractivity contribution is 6.13. The summed E-state index contributed by atoms with van der Waals surface area (Å²) in [4.78, 5) is 2.43. The predicted molar refractivity (Wildman–Crippen MR) is 48.8 cm³/mol. The summed E-state index contributed by atoms with van der Waals surface area (Å²) in [5, 5.41) is 0. The summed E-state index contributed by atoms with van der Waals surface area (Å²) in [6.45, 7) is 1.76. The standard InChI is InChI=1S/C9H9ClF3N/c1-6(14-10)7-2-4-8(5-3-7)9(11,12)13/h2-6,14H,1H3. The van der Waals surface area contributed by atoms with E-state index < -0.39 is 11.7 Å². The number of nitrogens with one attached hydrogen (secondary N) is 1. The van der Waals surface area contributed by atoms with Gasteiger partial charge in [-0.1, -0.05) is 12.1 Å². The van der Waals surface area contributed by atoms with Crippen LogP contribution < -0.4 is 4.84 Å². The van der Waals surface area contributed by atoms with Crippen molar-refractivity contribution in [2.24, 2.45) is 0 Å². The van der Waals surface area contributed by atoms with Crippen molar-refractivity contribution < 1.29 is 13.2 Å². The lowest BCUT2D eigenvalue weighted by molar-refractivity contribution is -0.137. The molecule has 0 aliphatic carbocycles. The molecule has 0 saturated carbocycles. The zero-order valence-electron chi connectivity index (χ0n) is 7.40. The Morgan fingerprint density at radius 1 is 1.21 bits per heavy atom. The van der Waals surface area contributed by atoms with Crippen molar-refractivity contribution in [3.05, 3.63) is 35.4 Å². The number of hydrogen-bond acceptors (Lipinski definition) is 1. The van der Waals surface area contributed by atoms with Crippen LogP contribution in [0.1, 0.15) is 24.1 Å². The van der Waals surface area contributed by atoms with Gasteiger partial charge in [0.25, 0.3) is 0 Å². The molecule has 1 unspecified atom stereocenters. The van der Waals surface area contributed by atoms with Gasteiger partial charge in [0.05, 0.1) is 5.56 Å². The quantitative estimate of drug-likeness (QED) is 0.757. The molecule has 0 bridgehead atoms. The second-order valence-electron chi connectivity index (χ2n) is 2.95. The fraction of sp³-hybridized carbons (Fsp3) is 0.333. The Morgan fingerprint density at radius 3 is 2.07 bits per heavy atom. The van der Waals surface area contributed by atoms with Gasteiger partial charge >= 0.3 is 6.18 Å². The van der Waals surface area contributed by atoms with E-state index in [1.54, 1.807) is 6.92 Å². The van der Waals surface area contributed by atoms with Crippen LogP contribution in [-0.4, -0.2) is 0 Å². The molecule has 1 atom stereocenters. The fourth-order valence-electron chi connectivity index (χ4n) is 1.02. The molecule has 1 aromatic carbocycles. The van der Waals surface area contributed by atoms with Crippen LogP contribution in [0.3, 0.4) is 0 Å². The summed E-state index contributed by atoms with van der Waals surface area (Å²) in [7, 11) is 0. The van der Waals surface area contributed by atoms with Gasteiger partial charge in [-0.15, -0.1) is 0 Å². The van der Waals surface area contributed by atoms with E-state index in [0.717, 1.165) is 12.1 Å². The number of hydrogen-bond donors (Lipinski definition) is 1. The molecular weight excluding hydrogens is 215 g/mol. The number of benzene rings is 1. The van der Waals surface area contributed by atoms with Crippen molar-refractivity contribution in [3.8, 4) is 0 Å².